The van der Waals surface area contributed by atoms with E-state index < -0.39 is 5.67 Å². The Labute approximate surface area is 125 Å². The maximum Gasteiger partial charge on any atom is 0.267 e. The van der Waals surface area contributed by atoms with Gasteiger partial charge in [-0.15, -0.1) is 0 Å². The fraction of sp³-hybridized carbons (Fsp3) is 0.462. The van der Waals surface area contributed by atoms with Gasteiger partial charge >= 0.3 is 0 Å². The van der Waals surface area contributed by atoms with E-state index >= 15 is 0 Å². The summed E-state index contributed by atoms with van der Waals surface area (Å²) in [5, 5.41) is 0. The van der Waals surface area contributed by atoms with Gasteiger partial charge in [-0.3, -0.25) is 10.2 Å². The molecule has 0 atom stereocenters. The SMILES string of the molecule is CC1(F)CCN(c2cc(I)ccc2C(=O)NN)CC1. The van der Waals surface area contributed by atoms with Gasteiger partial charge in [0, 0.05) is 16.7 Å². The van der Waals surface area contributed by atoms with Crippen LogP contribution in [0.3, 0.4) is 0 Å². The van der Waals surface area contributed by atoms with E-state index in [1.165, 1.54) is 0 Å². The van der Waals surface area contributed by atoms with Crippen molar-refractivity contribution < 1.29 is 9.18 Å². The minimum atomic E-state index is -1.10. The first-order chi connectivity index (χ1) is 8.93. The summed E-state index contributed by atoms with van der Waals surface area (Å²) in [6.07, 6.45) is 0.949. The van der Waals surface area contributed by atoms with E-state index in [0.29, 0.717) is 31.5 Å². The molecule has 1 aliphatic rings. The molecule has 0 unspecified atom stereocenters. The maximum absolute atomic E-state index is 13.8. The number of nitrogens with two attached hydrogens (primary N) is 1. The Kier molecular flexibility index (Phi) is 4.29. The highest BCUT2D eigenvalue weighted by Crippen LogP contribution is 2.31. The molecule has 3 N–H and O–H groups in total. The largest absolute Gasteiger partial charge is 0.371 e. The van der Waals surface area contributed by atoms with Gasteiger partial charge in [0.05, 0.1) is 11.3 Å². The van der Waals surface area contributed by atoms with Crippen molar-refractivity contribution in [2.24, 2.45) is 5.84 Å². The molecular weight excluding hydrogens is 360 g/mol. The number of carbonyl (C=O) groups excluding carboxylic acids is 1. The fourth-order valence-corrected chi connectivity index (χ4v) is 2.72. The molecule has 2 rings (SSSR count). The van der Waals surface area contributed by atoms with Crippen molar-refractivity contribution >= 4 is 34.2 Å². The number of amides is 1. The van der Waals surface area contributed by atoms with Crippen LogP contribution in [0.15, 0.2) is 18.2 Å². The molecule has 6 heteroatoms. The van der Waals surface area contributed by atoms with Crippen molar-refractivity contribution in [3.63, 3.8) is 0 Å². The molecule has 1 saturated heterocycles. The predicted molar refractivity (Wildman–Crippen MR) is 81.8 cm³/mol. The van der Waals surface area contributed by atoms with Gasteiger partial charge in [-0.1, -0.05) is 0 Å². The number of piperidine rings is 1. The van der Waals surface area contributed by atoms with Crippen LogP contribution < -0.4 is 16.2 Å². The van der Waals surface area contributed by atoms with Crippen molar-refractivity contribution in [1.29, 1.82) is 0 Å². The molecule has 1 aromatic carbocycles. The summed E-state index contributed by atoms with van der Waals surface area (Å²) in [7, 11) is 0. The highest BCUT2D eigenvalue weighted by Gasteiger charge is 2.30. The van der Waals surface area contributed by atoms with Gasteiger partial charge in [0.15, 0.2) is 0 Å². The number of anilines is 1. The number of hydrogen-bond acceptors (Lipinski definition) is 3. The molecule has 0 radical (unpaired) electrons. The van der Waals surface area contributed by atoms with Gasteiger partial charge in [0.2, 0.25) is 0 Å². The van der Waals surface area contributed by atoms with Gasteiger partial charge in [-0.2, -0.15) is 0 Å². The number of alkyl halides is 1. The van der Waals surface area contributed by atoms with Crippen molar-refractivity contribution in [2.45, 2.75) is 25.4 Å². The van der Waals surface area contributed by atoms with Crippen LogP contribution in [0.4, 0.5) is 10.1 Å². The molecule has 1 fully saturated rings. The lowest BCUT2D eigenvalue weighted by Gasteiger charge is -2.36. The molecule has 1 aliphatic heterocycles. The van der Waals surface area contributed by atoms with Crippen LogP contribution in [0.2, 0.25) is 0 Å². The maximum atomic E-state index is 13.8. The van der Waals surface area contributed by atoms with Crippen LogP contribution in [-0.4, -0.2) is 24.7 Å². The highest BCUT2D eigenvalue weighted by atomic mass is 127. The summed E-state index contributed by atoms with van der Waals surface area (Å²) in [5.74, 6) is 4.88. The normalized spacial score (nSPS) is 18.2. The molecule has 104 valence electrons. The van der Waals surface area contributed by atoms with Crippen molar-refractivity contribution in [3.8, 4) is 0 Å². The van der Waals surface area contributed by atoms with E-state index in [4.69, 9.17) is 5.84 Å². The van der Waals surface area contributed by atoms with E-state index in [0.717, 1.165) is 9.26 Å². The summed E-state index contributed by atoms with van der Waals surface area (Å²) >= 11 is 2.20. The third kappa shape index (κ3) is 3.36. The zero-order valence-electron chi connectivity index (χ0n) is 10.7. The number of halogens is 2. The van der Waals surface area contributed by atoms with Gasteiger partial charge in [-0.05, 0) is 60.6 Å². The molecule has 0 aromatic heterocycles. The Morgan fingerprint density at radius 2 is 2.11 bits per heavy atom. The molecule has 0 aliphatic carbocycles. The van der Waals surface area contributed by atoms with Crippen LogP contribution in [0.1, 0.15) is 30.1 Å². The second kappa shape index (κ2) is 5.62. The number of carbonyl (C=O) groups is 1. The quantitative estimate of drug-likeness (QED) is 0.360. The summed E-state index contributed by atoms with van der Waals surface area (Å²) < 4.78 is 14.9. The topological polar surface area (TPSA) is 58.4 Å². The number of hydrogen-bond donors (Lipinski definition) is 2. The molecule has 1 aromatic rings. The van der Waals surface area contributed by atoms with Crippen LogP contribution in [-0.2, 0) is 0 Å². The smallest absolute Gasteiger partial charge is 0.267 e. The molecule has 1 heterocycles. The first kappa shape index (κ1) is 14.5. The average Bonchev–Trinajstić information content (AvgIpc) is 2.38. The second-order valence-corrected chi connectivity index (χ2v) is 6.28. The number of hydrazine groups is 1. The van der Waals surface area contributed by atoms with Crippen LogP contribution in [0.5, 0.6) is 0 Å². The molecule has 19 heavy (non-hydrogen) atoms. The second-order valence-electron chi connectivity index (χ2n) is 5.04. The van der Waals surface area contributed by atoms with E-state index in [-0.39, 0.29) is 5.91 Å². The minimum absolute atomic E-state index is 0.319. The standard InChI is InChI=1S/C13H17FIN3O/c1-13(14)4-6-18(7-5-13)11-8-9(15)2-3-10(11)12(19)17-16/h2-3,8H,4-7,16H2,1H3,(H,17,19). The monoisotopic (exact) mass is 377 g/mol. The first-order valence-electron chi connectivity index (χ1n) is 6.17. The van der Waals surface area contributed by atoms with Crippen molar-refractivity contribution in [2.75, 3.05) is 18.0 Å². The van der Waals surface area contributed by atoms with Gasteiger partial charge in [0.1, 0.15) is 5.67 Å². The molecular formula is C13H17FIN3O. The lowest BCUT2D eigenvalue weighted by molar-refractivity contribution is 0.0954. The summed E-state index contributed by atoms with van der Waals surface area (Å²) in [6, 6.07) is 5.55. The van der Waals surface area contributed by atoms with E-state index in [9.17, 15) is 9.18 Å². The first-order valence-corrected chi connectivity index (χ1v) is 7.25. The predicted octanol–water partition coefficient (Wildman–Crippen LogP) is 2.22. The molecule has 0 saturated carbocycles. The minimum Gasteiger partial charge on any atom is -0.371 e. The Balaban J connectivity index is 2.28. The van der Waals surface area contributed by atoms with Gasteiger partial charge < -0.3 is 4.90 Å². The zero-order valence-corrected chi connectivity index (χ0v) is 12.9. The lowest BCUT2D eigenvalue weighted by atomic mass is 9.95. The van der Waals surface area contributed by atoms with E-state index in [1.54, 1.807) is 13.0 Å². The van der Waals surface area contributed by atoms with Crippen molar-refractivity contribution in [3.05, 3.63) is 27.3 Å². The van der Waals surface area contributed by atoms with Crippen LogP contribution >= 0.6 is 22.6 Å². The Bertz CT molecular complexity index is 483. The van der Waals surface area contributed by atoms with E-state index in [1.807, 2.05) is 17.0 Å². The number of nitrogens with one attached hydrogen (secondary N) is 1. The number of nitrogen functional groups attached to an aromatic ring is 1. The molecule has 4 nitrogen and oxygen atoms in total. The van der Waals surface area contributed by atoms with Crippen LogP contribution in [0.25, 0.3) is 0 Å². The fourth-order valence-electron chi connectivity index (χ4n) is 2.25. The summed E-state index contributed by atoms with van der Waals surface area (Å²) in [4.78, 5) is 13.8. The summed E-state index contributed by atoms with van der Waals surface area (Å²) in [6.45, 7) is 2.85. The molecule has 1 amide bonds. The Morgan fingerprint density at radius 3 is 2.68 bits per heavy atom. The average molecular weight is 377 g/mol. The Morgan fingerprint density at radius 1 is 1.47 bits per heavy atom. The zero-order chi connectivity index (χ0) is 14.0. The third-order valence-electron chi connectivity index (χ3n) is 3.48. The number of benzene rings is 1. The molecule has 0 spiro atoms. The van der Waals surface area contributed by atoms with Gasteiger partial charge in [0.25, 0.3) is 5.91 Å². The lowest BCUT2D eigenvalue weighted by Crippen LogP contribution is -2.41. The van der Waals surface area contributed by atoms with Crippen molar-refractivity contribution in [1.82, 2.24) is 5.43 Å². The van der Waals surface area contributed by atoms with E-state index in [2.05, 4.69) is 28.0 Å². The summed E-state index contributed by atoms with van der Waals surface area (Å²) in [5.41, 5.74) is 2.41. The van der Waals surface area contributed by atoms with Crippen LogP contribution in [0, 0.1) is 3.57 Å². The van der Waals surface area contributed by atoms with Gasteiger partial charge in [-0.25, -0.2) is 10.2 Å². The highest BCUT2D eigenvalue weighted by molar-refractivity contribution is 14.1. The number of nitrogens with zero attached hydrogens (tertiary/aromatic N) is 1. The molecule has 0 bridgehead atoms. The number of rotatable bonds is 2. The Hall–Kier alpha value is -0.890. The third-order valence-corrected chi connectivity index (χ3v) is 4.15.